The largest absolute Gasteiger partial charge is 0.353 e. The van der Waals surface area contributed by atoms with E-state index in [1.807, 2.05) is 44.2 Å². The van der Waals surface area contributed by atoms with Crippen LogP contribution in [0.25, 0.3) is 6.08 Å². The van der Waals surface area contributed by atoms with Crippen LogP contribution in [-0.2, 0) is 9.59 Å². The molecule has 0 bridgehead atoms. The molecule has 1 heterocycles. The van der Waals surface area contributed by atoms with Crippen LogP contribution in [0, 0.1) is 6.92 Å². The number of benzene rings is 1. The highest BCUT2D eigenvalue weighted by molar-refractivity contribution is 5.96. The minimum absolute atomic E-state index is 0.0589. The third kappa shape index (κ3) is 3.07. The van der Waals surface area contributed by atoms with Crippen molar-refractivity contribution in [3.63, 3.8) is 0 Å². The van der Waals surface area contributed by atoms with Gasteiger partial charge >= 0.3 is 0 Å². The molecule has 1 aliphatic heterocycles. The summed E-state index contributed by atoms with van der Waals surface area (Å²) in [5, 5.41) is 2.79. The number of amides is 2. The quantitative estimate of drug-likeness (QED) is 0.852. The van der Waals surface area contributed by atoms with Crippen molar-refractivity contribution in [2.45, 2.75) is 26.3 Å². The molecule has 1 saturated heterocycles. The summed E-state index contributed by atoms with van der Waals surface area (Å²) in [5.74, 6) is -0.161. The van der Waals surface area contributed by atoms with Gasteiger partial charge in [-0.3, -0.25) is 9.59 Å². The van der Waals surface area contributed by atoms with Gasteiger partial charge in [0.15, 0.2) is 0 Å². The molecule has 20 heavy (non-hydrogen) atoms. The third-order valence-electron chi connectivity index (χ3n) is 3.59. The zero-order valence-corrected chi connectivity index (χ0v) is 11.9. The molecule has 1 atom stereocenters. The van der Waals surface area contributed by atoms with Crippen LogP contribution in [0.15, 0.2) is 30.3 Å². The Morgan fingerprint density at radius 2 is 2.20 bits per heavy atom. The fraction of sp³-hybridized carbons (Fsp3) is 0.375. The lowest BCUT2D eigenvalue weighted by atomic mass is 10.1. The molecule has 0 radical (unpaired) electrons. The lowest BCUT2D eigenvalue weighted by molar-refractivity contribution is -0.140. The van der Waals surface area contributed by atoms with E-state index in [0.29, 0.717) is 19.5 Å². The minimum Gasteiger partial charge on any atom is -0.353 e. The second-order valence-electron chi connectivity index (χ2n) is 4.94. The normalized spacial score (nSPS) is 19.2. The monoisotopic (exact) mass is 272 g/mol. The minimum atomic E-state index is -0.349. The van der Waals surface area contributed by atoms with Gasteiger partial charge in [-0.1, -0.05) is 31.2 Å². The Labute approximate surface area is 119 Å². The van der Waals surface area contributed by atoms with Gasteiger partial charge in [-0.05, 0) is 30.5 Å². The number of hydrogen-bond acceptors (Lipinski definition) is 2. The molecule has 2 rings (SSSR count). The van der Waals surface area contributed by atoms with Gasteiger partial charge in [-0.2, -0.15) is 0 Å². The maximum atomic E-state index is 12.3. The zero-order valence-electron chi connectivity index (χ0n) is 11.9. The average molecular weight is 272 g/mol. The zero-order chi connectivity index (χ0) is 14.5. The van der Waals surface area contributed by atoms with E-state index in [-0.39, 0.29) is 17.9 Å². The van der Waals surface area contributed by atoms with Gasteiger partial charge < -0.3 is 10.2 Å². The van der Waals surface area contributed by atoms with Crippen molar-refractivity contribution >= 4 is 17.9 Å². The number of carbonyl (C=O) groups is 2. The van der Waals surface area contributed by atoms with Crippen LogP contribution in [0.4, 0.5) is 0 Å². The molecule has 1 N–H and O–H groups in total. The SMILES string of the molecule is CCC1C(=O)NCCN1C(=O)C=Cc1ccccc1C. The molecule has 0 aliphatic carbocycles. The molecule has 1 fully saturated rings. The Balaban J connectivity index is 2.11. The first kappa shape index (κ1) is 14.3. The van der Waals surface area contributed by atoms with Crippen molar-refractivity contribution in [2.24, 2.45) is 0 Å². The summed E-state index contributed by atoms with van der Waals surface area (Å²) in [6.07, 6.45) is 4.01. The van der Waals surface area contributed by atoms with Crippen molar-refractivity contribution in [2.75, 3.05) is 13.1 Å². The van der Waals surface area contributed by atoms with E-state index in [1.165, 1.54) is 0 Å². The van der Waals surface area contributed by atoms with Gasteiger partial charge in [0, 0.05) is 19.2 Å². The molecule has 1 aliphatic rings. The Bertz CT molecular complexity index is 537. The molecular weight excluding hydrogens is 252 g/mol. The van der Waals surface area contributed by atoms with Gasteiger partial charge in [0.1, 0.15) is 6.04 Å². The highest BCUT2D eigenvalue weighted by Gasteiger charge is 2.30. The van der Waals surface area contributed by atoms with Gasteiger partial charge in [-0.25, -0.2) is 0 Å². The summed E-state index contributed by atoms with van der Waals surface area (Å²) in [6.45, 7) is 5.02. The van der Waals surface area contributed by atoms with Crippen molar-refractivity contribution in [3.8, 4) is 0 Å². The Morgan fingerprint density at radius 1 is 1.45 bits per heavy atom. The van der Waals surface area contributed by atoms with Crippen molar-refractivity contribution < 1.29 is 9.59 Å². The number of nitrogens with one attached hydrogen (secondary N) is 1. The van der Waals surface area contributed by atoms with Crippen LogP contribution in [0.3, 0.4) is 0 Å². The predicted molar refractivity (Wildman–Crippen MR) is 79.0 cm³/mol. The molecule has 2 amide bonds. The highest BCUT2D eigenvalue weighted by Crippen LogP contribution is 2.12. The fourth-order valence-corrected chi connectivity index (χ4v) is 2.41. The summed E-state index contributed by atoms with van der Waals surface area (Å²) in [7, 11) is 0. The van der Waals surface area contributed by atoms with E-state index in [1.54, 1.807) is 11.0 Å². The second-order valence-corrected chi connectivity index (χ2v) is 4.94. The van der Waals surface area contributed by atoms with E-state index in [4.69, 9.17) is 0 Å². The van der Waals surface area contributed by atoms with E-state index in [9.17, 15) is 9.59 Å². The topological polar surface area (TPSA) is 49.4 Å². The van der Waals surface area contributed by atoms with Crippen molar-refractivity contribution in [3.05, 3.63) is 41.5 Å². The molecule has 1 aromatic rings. The summed E-state index contributed by atoms with van der Waals surface area (Å²) in [5.41, 5.74) is 2.15. The first-order valence-corrected chi connectivity index (χ1v) is 6.95. The summed E-state index contributed by atoms with van der Waals surface area (Å²) in [6, 6.07) is 7.54. The Morgan fingerprint density at radius 3 is 2.90 bits per heavy atom. The van der Waals surface area contributed by atoms with Crippen LogP contribution in [0.1, 0.15) is 24.5 Å². The maximum absolute atomic E-state index is 12.3. The predicted octanol–water partition coefficient (Wildman–Crippen LogP) is 1.75. The highest BCUT2D eigenvalue weighted by atomic mass is 16.2. The van der Waals surface area contributed by atoms with Gasteiger partial charge in [0.05, 0.1) is 0 Å². The van der Waals surface area contributed by atoms with Gasteiger partial charge in [0.2, 0.25) is 11.8 Å². The summed E-state index contributed by atoms with van der Waals surface area (Å²) < 4.78 is 0. The van der Waals surface area contributed by atoms with E-state index in [2.05, 4.69) is 5.32 Å². The van der Waals surface area contributed by atoms with Crippen LogP contribution >= 0.6 is 0 Å². The maximum Gasteiger partial charge on any atom is 0.247 e. The molecule has 106 valence electrons. The molecular formula is C16H20N2O2. The number of rotatable bonds is 3. The third-order valence-corrected chi connectivity index (χ3v) is 3.59. The molecule has 4 nitrogen and oxygen atoms in total. The molecule has 0 saturated carbocycles. The number of aryl methyl sites for hydroxylation is 1. The first-order chi connectivity index (χ1) is 9.63. The molecule has 4 heteroatoms. The van der Waals surface area contributed by atoms with Gasteiger partial charge in [0.25, 0.3) is 0 Å². The van der Waals surface area contributed by atoms with Gasteiger partial charge in [-0.15, -0.1) is 0 Å². The molecule has 0 spiro atoms. The number of carbonyl (C=O) groups excluding carboxylic acids is 2. The van der Waals surface area contributed by atoms with E-state index < -0.39 is 0 Å². The van der Waals surface area contributed by atoms with Crippen molar-refractivity contribution in [1.82, 2.24) is 10.2 Å². The van der Waals surface area contributed by atoms with Crippen LogP contribution in [-0.4, -0.2) is 35.8 Å². The number of hydrogen-bond donors (Lipinski definition) is 1. The van der Waals surface area contributed by atoms with Crippen LogP contribution in [0.2, 0.25) is 0 Å². The standard InChI is InChI=1S/C16H20N2O2/c1-3-14-16(20)17-10-11-18(14)15(19)9-8-13-7-5-4-6-12(13)2/h4-9,14H,3,10-11H2,1-2H3,(H,17,20). The van der Waals surface area contributed by atoms with E-state index >= 15 is 0 Å². The first-order valence-electron chi connectivity index (χ1n) is 6.95. The number of piperazine rings is 1. The smallest absolute Gasteiger partial charge is 0.247 e. The average Bonchev–Trinajstić information content (AvgIpc) is 2.46. The molecule has 1 unspecified atom stereocenters. The fourth-order valence-electron chi connectivity index (χ4n) is 2.41. The summed E-state index contributed by atoms with van der Waals surface area (Å²) in [4.78, 5) is 25.6. The van der Waals surface area contributed by atoms with E-state index in [0.717, 1.165) is 11.1 Å². The molecule has 0 aromatic heterocycles. The lowest BCUT2D eigenvalue weighted by Gasteiger charge is -2.33. The second kappa shape index (κ2) is 6.37. The van der Waals surface area contributed by atoms with Crippen molar-refractivity contribution in [1.29, 1.82) is 0 Å². The van der Waals surface area contributed by atoms with Crippen LogP contribution in [0.5, 0.6) is 0 Å². The number of nitrogens with zero attached hydrogens (tertiary/aromatic N) is 1. The Hall–Kier alpha value is -2.10. The summed E-state index contributed by atoms with van der Waals surface area (Å²) >= 11 is 0. The Kier molecular flexibility index (Phi) is 4.56. The lowest BCUT2D eigenvalue weighted by Crippen LogP contribution is -2.56. The molecule has 1 aromatic carbocycles. The van der Waals surface area contributed by atoms with Crippen LogP contribution < -0.4 is 5.32 Å².